The predicted molar refractivity (Wildman–Crippen MR) is 115 cm³/mol. The van der Waals surface area contributed by atoms with E-state index in [4.69, 9.17) is 4.74 Å². The van der Waals surface area contributed by atoms with E-state index in [0.717, 1.165) is 12.0 Å². The predicted octanol–water partition coefficient (Wildman–Crippen LogP) is 3.54. The molecule has 7 heteroatoms. The molecule has 0 aromatic heterocycles. The summed E-state index contributed by atoms with van der Waals surface area (Å²) in [5.74, 6) is 1.14. The zero-order valence-corrected chi connectivity index (χ0v) is 18.1. The van der Waals surface area contributed by atoms with E-state index < -0.39 is 0 Å². The van der Waals surface area contributed by atoms with Crippen molar-refractivity contribution in [2.45, 2.75) is 65.5 Å². The van der Waals surface area contributed by atoms with Crippen molar-refractivity contribution in [3.8, 4) is 5.75 Å². The second-order valence-corrected chi connectivity index (χ2v) is 7.70. The van der Waals surface area contributed by atoms with Crippen molar-refractivity contribution in [2.24, 2.45) is 10.9 Å². The van der Waals surface area contributed by atoms with Gasteiger partial charge in [-0.3, -0.25) is 9.79 Å². The van der Waals surface area contributed by atoms with Gasteiger partial charge in [-0.05, 0) is 63.6 Å². The number of aliphatic imine (C=N–C) groups is 1. The molecule has 29 heavy (non-hydrogen) atoms. The number of guanidine groups is 1. The van der Waals surface area contributed by atoms with Gasteiger partial charge in [0.2, 0.25) is 5.91 Å². The van der Waals surface area contributed by atoms with Crippen LogP contribution in [0.1, 0.15) is 65.0 Å². The monoisotopic (exact) mass is 406 g/mol. The number of nitrogens with one attached hydrogen (secondary N) is 3. The number of amides is 1. The summed E-state index contributed by atoms with van der Waals surface area (Å²) in [5.41, 5.74) is 0.807. The molecule has 1 saturated carbocycles. The highest BCUT2D eigenvalue weighted by molar-refractivity contribution is 5.81. The summed E-state index contributed by atoms with van der Waals surface area (Å²) in [6, 6.07) is 5.08. The van der Waals surface area contributed by atoms with E-state index >= 15 is 0 Å². The molecule has 2 atom stereocenters. The van der Waals surface area contributed by atoms with Crippen molar-refractivity contribution in [2.75, 3.05) is 19.7 Å². The van der Waals surface area contributed by atoms with Gasteiger partial charge in [-0.1, -0.05) is 13.0 Å². The SMILES string of the molecule is CCNC(=NCCC(=O)NC(C)CC)NC(C)c1ccc(OCC2CC2)c(F)c1. The number of ether oxygens (including phenoxy) is 1. The number of carbonyl (C=O) groups excluding carboxylic acids is 1. The number of nitrogens with zero attached hydrogens (tertiary/aromatic N) is 1. The van der Waals surface area contributed by atoms with Crippen LogP contribution in [-0.4, -0.2) is 37.6 Å². The molecule has 1 amide bonds. The maximum Gasteiger partial charge on any atom is 0.222 e. The average molecular weight is 407 g/mol. The van der Waals surface area contributed by atoms with Crippen LogP contribution in [0.2, 0.25) is 0 Å². The average Bonchev–Trinajstić information content (AvgIpc) is 3.51. The fraction of sp³-hybridized carbons (Fsp3) is 0.636. The van der Waals surface area contributed by atoms with Gasteiger partial charge >= 0.3 is 0 Å². The first-order valence-electron chi connectivity index (χ1n) is 10.7. The molecular formula is C22H35FN4O2. The van der Waals surface area contributed by atoms with Crippen LogP contribution in [0.3, 0.4) is 0 Å². The van der Waals surface area contributed by atoms with Crippen molar-refractivity contribution in [1.82, 2.24) is 16.0 Å². The molecule has 0 aliphatic heterocycles. The second-order valence-electron chi connectivity index (χ2n) is 7.70. The van der Waals surface area contributed by atoms with Crippen LogP contribution in [0.5, 0.6) is 5.75 Å². The zero-order valence-electron chi connectivity index (χ0n) is 18.1. The van der Waals surface area contributed by atoms with Crippen LogP contribution < -0.4 is 20.7 Å². The Morgan fingerprint density at radius 3 is 2.66 bits per heavy atom. The molecule has 1 aliphatic carbocycles. The molecule has 2 unspecified atom stereocenters. The number of hydrogen-bond acceptors (Lipinski definition) is 3. The minimum Gasteiger partial charge on any atom is -0.490 e. The molecule has 1 aliphatic rings. The smallest absolute Gasteiger partial charge is 0.222 e. The van der Waals surface area contributed by atoms with Crippen LogP contribution >= 0.6 is 0 Å². The standard InChI is InChI=1S/C22H35FN4O2/c1-5-15(3)26-21(28)11-12-25-22(24-6-2)27-16(4)18-9-10-20(19(23)13-18)29-14-17-7-8-17/h9-10,13,15-17H,5-8,11-12,14H2,1-4H3,(H,26,28)(H2,24,25,27). The van der Waals surface area contributed by atoms with Gasteiger partial charge in [-0.2, -0.15) is 0 Å². The molecule has 2 rings (SSSR count). The molecule has 1 aromatic rings. The Morgan fingerprint density at radius 2 is 2.03 bits per heavy atom. The minimum atomic E-state index is -0.347. The molecule has 0 radical (unpaired) electrons. The minimum absolute atomic E-state index is 0.00384. The summed E-state index contributed by atoms with van der Waals surface area (Å²) >= 11 is 0. The van der Waals surface area contributed by atoms with Gasteiger partial charge in [0.25, 0.3) is 0 Å². The maximum atomic E-state index is 14.3. The fourth-order valence-electron chi connectivity index (χ4n) is 2.72. The summed E-state index contributed by atoms with van der Waals surface area (Å²) in [5, 5.41) is 9.36. The zero-order chi connectivity index (χ0) is 21.2. The van der Waals surface area contributed by atoms with Gasteiger partial charge in [-0.15, -0.1) is 0 Å². The summed E-state index contributed by atoms with van der Waals surface area (Å²) in [7, 11) is 0. The molecule has 6 nitrogen and oxygen atoms in total. The van der Waals surface area contributed by atoms with E-state index in [-0.39, 0.29) is 23.8 Å². The maximum absolute atomic E-state index is 14.3. The summed E-state index contributed by atoms with van der Waals surface area (Å²) in [6.07, 6.45) is 3.58. The Bertz CT molecular complexity index is 691. The number of carbonyl (C=O) groups is 1. The Labute approximate surface area is 173 Å². The van der Waals surface area contributed by atoms with Gasteiger partial charge in [0.05, 0.1) is 19.2 Å². The van der Waals surface area contributed by atoms with Gasteiger partial charge in [0, 0.05) is 19.0 Å². The first kappa shape index (κ1) is 23.0. The Kier molecular flexibility index (Phi) is 9.22. The first-order chi connectivity index (χ1) is 13.9. The summed E-state index contributed by atoms with van der Waals surface area (Å²) < 4.78 is 19.9. The van der Waals surface area contributed by atoms with Crippen molar-refractivity contribution in [1.29, 1.82) is 0 Å². The molecule has 162 valence electrons. The summed E-state index contributed by atoms with van der Waals surface area (Å²) in [4.78, 5) is 16.4. The highest BCUT2D eigenvalue weighted by Gasteiger charge is 2.22. The van der Waals surface area contributed by atoms with Crippen LogP contribution in [0.15, 0.2) is 23.2 Å². The molecular weight excluding hydrogens is 371 g/mol. The van der Waals surface area contributed by atoms with Crippen molar-refractivity contribution < 1.29 is 13.9 Å². The van der Waals surface area contributed by atoms with Crippen molar-refractivity contribution in [3.63, 3.8) is 0 Å². The van der Waals surface area contributed by atoms with Crippen LogP contribution in [0.4, 0.5) is 4.39 Å². The number of hydrogen-bond donors (Lipinski definition) is 3. The van der Waals surface area contributed by atoms with E-state index in [9.17, 15) is 9.18 Å². The van der Waals surface area contributed by atoms with E-state index in [1.807, 2.05) is 33.8 Å². The summed E-state index contributed by atoms with van der Waals surface area (Å²) in [6.45, 7) is 9.60. The first-order valence-corrected chi connectivity index (χ1v) is 10.7. The van der Waals surface area contributed by atoms with Gasteiger partial charge in [0.1, 0.15) is 0 Å². The Morgan fingerprint density at radius 1 is 1.28 bits per heavy atom. The Balaban J connectivity index is 1.89. The molecule has 3 N–H and O–H groups in total. The van der Waals surface area contributed by atoms with Crippen LogP contribution in [0.25, 0.3) is 0 Å². The van der Waals surface area contributed by atoms with Crippen molar-refractivity contribution in [3.05, 3.63) is 29.6 Å². The number of benzene rings is 1. The molecule has 0 heterocycles. The molecule has 0 saturated heterocycles. The third-order valence-electron chi connectivity index (χ3n) is 4.95. The van der Waals surface area contributed by atoms with Gasteiger partial charge in [-0.25, -0.2) is 4.39 Å². The third kappa shape index (κ3) is 8.30. The second kappa shape index (κ2) is 11.6. The van der Waals surface area contributed by atoms with Crippen LogP contribution in [0, 0.1) is 11.7 Å². The van der Waals surface area contributed by atoms with E-state index in [1.54, 1.807) is 6.07 Å². The number of rotatable bonds is 11. The largest absolute Gasteiger partial charge is 0.490 e. The fourth-order valence-corrected chi connectivity index (χ4v) is 2.72. The lowest BCUT2D eigenvalue weighted by molar-refractivity contribution is -0.121. The highest BCUT2D eigenvalue weighted by atomic mass is 19.1. The van der Waals surface area contributed by atoms with Gasteiger partial charge < -0.3 is 20.7 Å². The molecule has 0 bridgehead atoms. The highest BCUT2D eigenvalue weighted by Crippen LogP contribution is 2.30. The topological polar surface area (TPSA) is 74.8 Å². The molecule has 1 aromatic carbocycles. The van der Waals surface area contributed by atoms with E-state index in [1.165, 1.54) is 18.9 Å². The van der Waals surface area contributed by atoms with E-state index in [0.29, 0.717) is 43.7 Å². The lowest BCUT2D eigenvalue weighted by Gasteiger charge is -2.19. The van der Waals surface area contributed by atoms with E-state index in [2.05, 4.69) is 20.9 Å². The lowest BCUT2D eigenvalue weighted by Crippen LogP contribution is -2.39. The van der Waals surface area contributed by atoms with Crippen LogP contribution in [-0.2, 0) is 4.79 Å². The number of halogens is 1. The van der Waals surface area contributed by atoms with Gasteiger partial charge in [0.15, 0.2) is 17.5 Å². The lowest BCUT2D eigenvalue weighted by atomic mass is 10.1. The quantitative estimate of drug-likeness (QED) is 0.388. The molecule has 0 spiro atoms. The van der Waals surface area contributed by atoms with Crippen molar-refractivity contribution >= 4 is 11.9 Å². The Hall–Kier alpha value is -2.31. The normalized spacial score (nSPS) is 16.1. The third-order valence-corrected chi connectivity index (χ3v) is 4.95. The molecule has 1 fully saturated rings.